The van der Waals surface area contributed by atoms with Crippen LogP contribution < -0.4 is 15.2 Å². The average Bonchev–Trinajstić information content (AvgIpc) is 3.38. The van der Waals surface area contributed by atoms with Crippen molar-refractivity contribution < 1.29 is 14.3 Å². The quantitative estimate of drug-likeness (QED) is 0.877. The van der Waals surface area contributed by atoms with E-state index in [-0.39, 0.29) is 11.9 Å². The summed E-state index contributed by atoms with van der Waals surface area (Å²) in [6.07, 6.45) is 2.22. The van der Waals surface area contributed by atoms with Gasteiger partial charge >= 0.3 is 0 Å². The number of rotatable bonds is 2. The molecule has 1 aromatic carbocycles. The first-order chi connectivity index (χ1) is 12.7. The van der Waals surface area contributed by atoms with Gasteiger partial charge in [0.05, 0.1) is 0 Å². The SMILES string of the molecule is NC1CCC2CN(C(=O)c3csc(-c4ccc5c(c4)OCCO5)n3)CC12. The number of benzene rings is 1. The van der Waals surface area contributed by atoms with Gasteiger partial charge in [-0.2, -0.15) is 0 Å². The number of amides is 1. The Bertz CT molecular complexity index is 852. The van der Waals surface area contributed by atoms with Crippen LogP contribution in [0.1, 0.15) is 23.3 Å². The highest BCUT2D eigenvalue weighted by molar-refractivity contribution is 7.13. The maximum absolute atomic E-state index is 12.8. The molecule has 0 spiro atoms. The van der Waals surface area contributed by atoms with Crippen LogP contribution in [0.3, 0.4) is 0 Å². The third kappa shape index (κ3) is 2.66. The fourth-order valence-electron chi connectivity index (χ4n) is 4.32. The van der Waals surface area contributed by atoms with Crippen molar-refractivity contribution in [2.24, 2.45) is 17.6 Å². The van der Waals surface area contributed by atoms with Crippen LogP contribution in [0, 0.1) is 11.8 Å². The number of nitrogens with two attached hydrogens (primary N) is 1. The molecule has 1 saturated carbocycles. The standard InChI is InChI=1S/C19H21N3O3S/c20-14-3-1-12-8-22(9-13(12)14)19(23)15-10-26-18(21-15)11-2-4-16-17(7-11)25-6-5-24-16/h2,4,7,10,12-14H,1,3,5-6,8-9,20H2. The van der Waals surface area contributed by atoms with E-state index in [0.717, 1.165) is 48.0 Å². The summed E-state index contributed by atoms with van der Waals surface area (Å²) < 4.78 is 11.2. The molecular formula is C19H21N3O3S. The second-order valence-corrected chi connectivity index (χ2v) is 8.13. The van der Waals surface area contributed by atoms with Crippen LogP contribution in [0.15, 0.2) is 23.6 Å². The molecule has 3 heterocycles. The Morgan fingerprint density at radius 3 is 2.88 bits per heavy atom. The zero-order chi connectivity index (χ0) is 17.7. The van der Waals surface area contributed by atoms with Crippen molar-refractivity contribution in [3.05, 3.63) is 29.3 Å². The highest BCUT2D eigenvalue weighted by Gasteiger charge is 2.42. The Morgan fingerprint density at radius 2 is 2.04 bits per heavy atom. The molecule has 6 nitrogen and oxygen atoms in total. The van der Waals surface area contributed by atoms with E-state index in [9.17, 15) is 4.79 Å². The maximum Gasteiger partial charge on any atom is 0.273 e. The van der Waals surface area contributed by atoms with Crippen molar-refractivity contribution in [2.45, 2.75) is 18.9 Å². The Labute approximate surface area is 155 Å². The molecule has 2 aliphatic heterocycles. The number of fused-ring (bicyclic) bond motifs is 2. The molecule has 2 N–H and O–H groups in total. The van der Waals surface area contributed by atoms with Crippen LogP contribution >= 0.6 is 11.3 Å². The van der Waals surface area contributed by atoms with Gasteiger partial charge in [-0.3, -0.25) is 4.79 Å². The summed E-state index contributed by atoms with van der Waals surface area (Å²) in [7, 11) is 0. The maximum atomic E-state index is 12.8. The van der Waals surface area contributed by atoms with E-state index < -0.39 is 0 Å². The molecule has 2 fully saturated rings. The van der Waals surface area contributed by atoms with Crippen molar-refractivity contribution in [3.63, 3.8) is 0 Å². The molecule has 1 aliphatic carbocycles. The van der Waals surface area contributed by atoms with Gasteiger partial charge < -0.3 is 20.1 Å². The number of ether oxygens (including phenoxy) is 2. The number of likely N-dealkylation sites (tertiary alicyclic amines) is 1. The Hall–Kier alpha value is -2.12. The van der Waals surface area contributed by atoms with Crippen molar-refractivity contribution in [2.75, 3.05) is 26.3 Å². The topological polar surface area (TPSA) is 77.7 Å². The fourth-order valence-corrected chi connectivity index (χ4v) is 5.11. The molecule has 1 aromatic heterocycles. The van der Waals surface area contributed by atoms with Crippen LogP contribution in [-0.2, 0) is 0 Å². The summed E-state index contributed by atoms with van der Waals surface area (Å²) >= 11 is 1.48. The van der Waals surface area contributed by atoms with Crippen molar-refractivity contribution in [1.82, 2.24) is 9.88 Å². The van der Waals surface area contributed by atoms with E-state index in [1.807, 2.05) is 28.5 Å². The zero-order valence-corrected chi connectivity index (χ0v) is 15.2. The smallest absolute Gasteiger partial charge is 0.273 e. The van der Waals surface area contributed by atoms with Gasteiger partial charge in [-0.15, -0.1) is 11.3 Å². The Balaban J connectivity index is 1.35. The number of hydrogen-bond acceptors (Lipinski definition) is 6. The predicted octanol–water partition coefficient (Wildman–Crippen LogP) is 2.39. The minimum Gasteiger partial charge on any atom is -0.486 e. The summed E-state index contributed by atoms with van der Waals surface area (Å²) in [5.41, 5.74) is 7.65. The normalized spacial score (nSPS) is 26.8. The van der Waals surface area contributed by atoms with Gasteiger partial charge in [0, 0.05) is 30.1 Å². The van der Waals surface area contributed by atoms with Crippen LogP contribution in [-0.4, -0.2) is 48.1 Å². The summed E-state index contributed by atoms with van der Waals surface area (Å²) in [4.78, 5) is 19.4. The number of hydrogen-bond donors (Lipinski definition) is 1. The molecule has 5 rings (SSSR count). The van der Waals surface area contributed by atoms with Gasteiger partial charge in [0.15, 0.2) is 11.5 Å². The monoisotopic (exact) mass is 371 g/mol. The first-order valence-corrected chi connectivity index (χ1v) is 9.97. The van der Waals surface area contributed by atoms with E-state index in [1.165, 1.54) is 11.3 Å². The molecule has 3 atom stereocenters. The second-order valence-electron chi connectivity index (χ2n) is 7.27. The molecule has 0 radical (unpaired) electrons. The summed E-state index contributed by atoms with van der Waals surface area (Å²) in [5.74, 6) is 2.53. The number of thiazole rings is 1. The molecule has 1 amide bonds. The minimum absolute atomic E-state index is 0.0200. The molecule has 136 valence electrons. The van der Waals surface area contributed by atoms with E-state index >= 15 is 0 Å². The Kier molecular flexibility index (Phi) is 3.86. The molecule has 2 aromatic rings. The van der Waals surface area contributed by atoms with Gasteiger partial charge in [0.25, 0.3) is 5.91 Å². The molecular weight excluding hydrogens is 350 g/mol. The molecule has 1 saturated heterocycles. The fraction of sp³-hybridized carbons (Fsp3) is 0.474. The van der Waals surface area contributed by atoms with Crippen LogP contribution in [0.25, 0.3) is 10.6 Å². The third-order valence-corrected chi connectivity index (χ3v) is 6.60. The van der Waals surface area contributed by atoms with E-state index in [0.29, 0.717) is 30.7 Å². The lowest BCUT2D eigenvalue weighted by Crippen LogP contribution is -2.33. The minimum atomic E-state index is 0.0200. The molecule has 0 bridgehead atoms. The molecule has 26 heavy (non-hydrogen) atoms. The largest absolute Gasteiger partial charge is 0.486 e. The van der Waals surface area contributed by atoms with Crippen molar-refractivity contribution >= 4 is 17.2 Å². The van der Waals surface area contributed by atoms with Gasteiger partial charge in [-0.1, -0.05) is 0 Å². The van der Waals surface area contributed by atoms with Crippen LogP contribution in [0.5, 0.6) is 11.5 Å². The van der Waals surface area contributed by atoms with E-state index in [2.05, 4.69) is 4.98 Å². The number of aromatic nitrogens is 1. The molecule has 3 aliphatic rings. The highest BCUT2D eigenvalue weighted by Crippen LogP contribution is 2.38. The second kappa shape index (κ2) is 6.25. The highest BCUT2D eigenvalue weighted by atomic mass is 32.1. The van der Waals surface area contributed by atoms with Crippen molar-refractivity contribution in [1.29, 1.82) is 0 Å². The third-order valence-electron chi connectivity index (χ3n) is 5.71. The van der Waals surface area contributed by atoms with Gasteiger partial charge in [-0.25, -0.2) is 4.98 Å². The lowest BCUT2D eigenvalue weighted by Gasteiger charge is -2.18. The van der Waals surface area contributed by atoms with Crippen molar-refractivity contribution in [3.8, 4) is 22.1 Å². The lowest BCUT2D eigenvalue weighted by molar-refractivity contribution is 0.0774. The zero-order valence-electron chi connectivity index (χ0n) is 14.4. The van der Waals surface area contributed by atoms with Gasteiger partial charge in [0.2, 0.25) is 0 Å². The average molecular weight is 371 g/mol. The predicted molar refractivity (Wildman–Crippen MR) is 98.6 cm³/mol. The van der Waals surface area contributed by atoms with Crippen LogP contribution in [0.4, 0.5) is 0 Å². The number of carbonyl (C=O) groups is 1. The summed E-state index contributed by atoms with van der Waals surface area (Å²) in [5, 5.41) is 2.67. The first kappa shape index (κ1) is 16.1. The molecule has 3 unspecified atom stereocenters. The number of nitrogens with zero attached hydrogens (tertiary/aromatic N) is 2. The Morgan fingerprint density at radius 1 is 1.19 bits per heavy atom. The van der Waals surface area contributed by atoms with Crippen LogP contribution in [0.2, 0.25) is 0 Å². The van der Waals surface area contributed by atoms with E-state index in [1.54, 1.807) is 0 Å². The summed E-state index contributed by atoms with van der Waals surface area (Å²) in [6, 6.07) is 6.03. The lowest BCUT2D eigenvalue weighted by atomic mass is 9.98. The molecule has 7 heteroatoms. The summed E-state index contributed by atoms with van der Waals surface area (Å²) in [6.45, 7) is 2.71. The van der Waals surface area contributed by atoms with Gasteiger partial charge in [0.1, 0.15) is 23.9 Å². The van der Waals surface area contributed by atoms with Gasteiger partial charge in [-0.05, 0) is 42.9 Å². The van der Waals surface area contributed by atoms with E-state index in [4.69, 9.17) is 15.2 Å². The number of carbonyl (C=O) groups excluding carboxylic acids is 1. The first-order valence-electron chi connectivity index (χ1n) is 9.09.